The van der Waals surface area contributed by atoms with Gasteiger partial charge in [0, 0.05) is 15.5 Å². The van der Waals surface area contributed by atoms with Crippen LogP contribution in [0.25, 0.3) is 11.8 Å². The van der Waals surface area contributed by atoms with Gasteiger partial charge in [0.2, 0.25) is 0 Å². The van der Waals surface area contributed by atoms with Gasteiger partial charge in [-0.05, 0) is 54.6 Å². The van der Waals surface area contributed by atoms with E-state index in [2.05, 4.69) is 0 Å². The zero-order valence-electron chi connectivity index (χ0n) is 20.2. The van der Waals surface area contributed by atoms with E-state index in [1.807, 2.05) is 79.1 Å². The Kier molecular flexibility index (Phi) is 7.46. The quantitative estimate of drug-likeness (QED) is 0.243. The molecule has 0 saturated carbocycles. The fourth-order valence-corrected chi connectivity index (χ4v) is 5.79. The van der Waals surface area contributed by atoms with Crippen molar-refractivity contribution in [1.82, 2.24) is 4.57 Å². The minimum atomic E-state index is -0.719. The highest BCUT2D eigenvalue weighted by Crippen LogP contribution is 2.35. The molecule has 186 valence electrons. The molecule has 5 rings (SSSR count). The van der Waals surface area contributed by atoms with Crippen molar-refractivity contribution in [2.75, 3.05) is 12.9 Å². The lowest BCUT2D eigenvalue weighted by Crippen LogP contribution is -2.40. The summed E-state index contributed by atoms with van der Waals surface area (Å²) < 4.78 is 7.61. The summed E-state index contributed by atoms with van der Waals surface area (Å²) in [5.74, 6) is -0.507. The van der Waals surface area contributed by atoms with E-state index in [0.717, 1.165) is 21.6 Å². The van der Waals surface area contributed by atoms with Crippen molar-refractivity contribution in [2.45, 2.75) is 17.9 Å². The lowest BCUT2D eigenvalue weighted by Gasteiger charge is -2.25. The summed E-state index contributed by atoms with van der Waals surface area (Å²) in [5, 5.41) is 0.565. The maximum atomic E-state index is 13.8. The van der Waals surface area contributed by atoms with Gasteiger partial charge in [-0.2, -0.15) is 0 Å². The van der Waals surface area contributed by atoms with E-state index >= 15 is 0 Å². The lowest BCUT2D eigenvalue weighted by molar-refractivity contribution is -0.138. The maximum absolute atomic E-state index is 13.8. The molecule has 0 radical (unpaired) electrons. The molecule has 0 N–H and O–H groups in total. The summed E-state index contributed by atoms with van der Waals surface area (Å²) in [6.45, 7) is 1.96. The molecule has 0 bridgehead atoms. The number of hydrogen-bond acceptors (Lipinski definition) is 6. The highest BCUT2D eigenvalue weighted by Gasteiger charge is 2.35. The second-order valence-corrected chi connectivity index (χ2v) is 10.6. The predicted octanol–water partition coefficient (Wildman–Crippen LogP) is 5.31. The van der Waals surface area contributed by atoms with Crippen molar-refractivity contribution in [1.29, 1.82) is 0 Å². The number of benzene rings is 3. The highest BCUT2D eigenvalue weighted by atomic mass is 35.5. The van der Waals surface area contributed by atoms with Gasteiger partial charge in [0.15, 0.2) is 4.80 Å². The molecule has 1 aliphatic heterocycles. The van der Waals surface area contributed by atoms with Gasteiger partial charge in [0.05, 0.1) is 28.5 Å². The van der Waals surface area contributed by atoms with E-state index in [4.69, 9.17) is 21.3 Å². The normalized spacial score (nSPS) is 15.3. The number of rotatable bonds is 6. The van der Waals surface area contributed by atoms with Gasteiger partial charge >= 0.3 is 5.97 Å². The van der Waals surface area contributed by atoms with Crippen molar-refractivity contribution >= 4 is 52.4 Å². The molecule has 2 heterocycles. The van der Waals surface area contributed by atoms with Crippen LogP contribution in [0.3, 0.4) is 0 Å². The first-order chi connectivity index (χ1) is 18.0. The summed E-state index contributed by atoms with van der Waals surface area (Å²) in [4.78, 5) is 33.8. The number of carbonyl (C=O) groups excluding carboxylic acids is 1. The largest absolute Gasteiger partial charge is 0.463 e. The summed E-state index contributed by atoms with van der Waals surface area (Å²) in [6.07, 6.45) is 3.89. The number of thiazole rings is 1. The number of nitrogens with zero attached hydrogens (tertiary/aromatic N) is 2. The molecule has 0 amide bonds. The minimum Gasteiger partial charge on any atom is -0.463 e. The summed E-state index contributed by atoms with van der Waals surface area (Å²) in [5.41, 5.74) is 3.03. The zero-order chi connectivity index (χ0) is 25.9. The zero-order valence-corrected chi connectivity index (χ0v) is 22.6. The molecule has 4 aromatic rings. The first kappa shape index (κ1) is 25.3. The number of thioether (sulfide) groups is 1. The molecule has 1 aliphatic rings. The van der Waals surface area contributed by atoms with Crippen molar-refractivity contribution in [3.8, 4) is 0 Å². The predicted molar refractivity (Wildman–Crippen MR) is 151 cm³/mol. The molecule has 5 nitrogen and oxygen atoms in total. The van der Waals surface area contributed by atoms with E-state index < -0.39 is 12.0 Å². The van der Waals surface area contributed by atoms with Crippen LogP contribution < -0.4 is 14.9 Å². The van der Waals surface area contributed by atoms with Crippen LogP contribution >= 0.6 is 34.7 Å². The van der Waals surface area contributed by atoms with Crippen LogP contribution in [0, 0.1) is 0 Å². The molecular weight excluding hydrogens is 524 g/mol. The van der Waals surface area contributed by atoms with Gasteiger partial charge in [0.1, 0.15) is 0 Å². The average molecular weight is 547 g/mol. The molecule has 0 aliphatic carbocycles. The number of halogens is 1. The van der Waals surface area contributed by atoms with Crippen molar-refractivity contribution in [2.24, 2.45) is 4.99 Å². The van der Waals surface area contributed by atoms with Gasteiger partial charge in [-0.15, -0.1) is 11.8 Å². The summed E-state index contributed by atoms with van der Waals surface area (Å²) in [7, 11) is 0. The number of esters is 1. The van der Waals surface area contributed by atoms with Crippen LogP contribution in [0.1, 0.15) is 29.7 Å². The van der Waals surface area contributed by atoms with Crippen LogP contribution in [-0.4, -0.2) is 23.4 Å². The van der Waals surface area contributed by atoms with Crippen LogP contribution in [0.4, 0.5) is 0 Å². The molecule has 37 heavy (non-hydrogen) atoms. The molecule has 8 heteroatoms. The SMILES string of the molecule is CCOC(=O)C1=C(c2ccccc2)N=c2s/c(=C\c3ccc(SC)cc3)c(=O)n2C1c1ccc(Cl)cc1. The molecule has 1 unspecified atom stereocenters. The van der Waals surface area contributed by atoms with Gasteiger partial charge in [-0.3, -0.25) is 9.36 Å². The van der Waals surface area contributed by atoms with Gasteiger partial charge in [-0.1, -0.05) is 77.5 Å². The minimum absolute atomic E-state index is 0.203. The van der Waals surface area contributed by atoms with Crippen molar-refractivity contribution in [3.05, 3.63) is 126 Å². The Morgan fingerprint density at radius 3 is 2.43 bits per heavy atom. The standard InChI is InChI=1S/C29H23ClN2O3S2/c1-3-35-28(34)24-25(19-7-5-4-6-8-19)31-29-32(26(24)20-11-13-21(30)14-12-20)27(33)23(37-29)17-18-9-15-22(36-2)16-10-18/h4-17,26H,3H2,1-2H3/b23-17-. The molecule has 0 saturated heterocycles. The summed E-state index contributed by atoms with van der Waals surface area (Å²) in [6, 6.07) is 24.0. The highest BCUT2D eigenvalue weighted by molar-refractivity contribution is 7.98. The van der Waals surface area contributed by atoms with Crippen LogP contribution in [0.2, 0.25) is 5.02 Å². The average Bonchev–Trinajstić information content (AvgIpc) is 3.23. The Labute approximate surface area is 227 Å². The van der Waals surface area contributed by atoms with E-state index in [1.54, 1.807) is 35.4 Å². The third-order valence-electron chi connectivity index (χ3n) is 5.97. The fraction of sp³-hybridized carbons (Fsp3) is 0.138. The monoisotopic (exact) mass is 546 g/mol. The van der Waals surface area contributed by atoms with Crippen LogP contribution in [-0.2, 0) is 9.53 Å². The Morgan fingerprint density at radius 1 is 1.08 bits per heavy atom. The Morgan fingerprint density at radius 2 is 1.78 bits per heavy atom. The number of fused-ring (bicyclic) bond motifs is 1. The number of ether oxygens (including phenoxy) is 1. The van der Waals surface area contributed by atoms with E-state index in [9.17, 15) is 9.59 Å². The Hall–Kier alpha value is -3.39. The van der Waals surface area contributed by atoms with E-state index in [0.29, 0.717) is 25.6 Å². The Balaban J connectivity index is 1.80. The molecule has 3 aromatic carbocycles. The van der Waals surface area contributed by atoms with Gasteiger partial charge in [-0.25, -0.2) is 9.79 Å². The smallest absolute Gasteiger partial charge is 0.338 e. The number of hydrogen-bond donors (Lipinski definition) is 0. The second-order valence-electron chi connectivity index (χ2n) is 8.26. The van der Waals surface area contributed by atoms with E-state index in [-0.39, 0.29) is 12.2 Å². The molecule has 1 atom stereocenters. The summed E-state index contributed by atoms with van der Waals surface area (Å²) >= 11 is 9.14. The van der Waals surface area contributed by atoms with E-state index in [1.165, 1.54) is 11.3 Å². The van der Waals surface area contributed by atoms with Gasteiger partial charge in [0.25, 0.3) is 5.56 Å². The van der Waals surface area contributed by atoms with Crippen molar-refractivity contribution < 1.29 is 9.53 Å². The molecule has 1 aromatic heterocycles. The van der Waals surface area contributed by atoms with Gasteiger partial charge < -0.3 is 4.74 Å². The number of aromatic nitrogens is 1. The lowest BCUT2D eigenvalue weighted by atomic mass is 9.93. The van der Waals surface area contributed by atoms with Crippen LogP contribution in [0.5, 0.6) is 0 Å². The van der Waals surface area contributed by atoms with Crippen molar-refractivity contribution in [3.63, 3.8) is 0 Å². The first-order valence-corrected chi connectivity index (χ1v) is 14.1. The molecular formula is C29H23ClN2O3S2. The second kappa shape index (κ2) is 10.9. The molecule has 0 spiro atoms. The first-order valence-electron chi connectivity index (χ1n) is 11.7. The van der Waals surface area contributed by atoms with Crippen LogP contribution in [0.15, 0.2) is 99.1 Å². The fourth-order valence-electron chi connectivity index (χ4n) is 4.25. The maximum Gasteiger partial charge on any atom is 0.338 e. The third kappa shape index (κ3) is 5.07. The molecule has 0 fully saturated rings. The Bertz CT molecular complexity index is 1660. The topological polar surface area (TPSA) is 60.7 Å². The number of carbonyl (C=O) groups is 1. The third-order valence-corrected chi connectivity index (χ3v) is 7.95.